The van der Waals surface area contributed by atoms with Crippen LogP contribution in [0.3, 0.4) is 0 Å². The quantitative estimate of drug-likeness (QED) is 0.248. The van der Waals surface area contributed by atoms with Crippen molar-refractivity contribution >= 4 is 35.1 Å². The maximum Gasteiger partial charge on any atom is 0.332 e. The molecule has 2 aromatic carbocycles. The zero-order valence-electron chi connectivity index (χ0n) is 20.3. The van der Waals surface area contributed by atoms with Gasteiger partial charge in [0.15, 0.2) is 0 Å². The summed E-state index contributed by atoms with van der Waals surface area (Å²) in [5.74, 6) is -0.548. The summed E-state index contributed by atoms with van der Waals surface area (Å²) in [5.41, 5.74) is 2.07. The van der Waals surface area contributed by atoms with E-state index in [2.05, 4.69) is 12.6 Å². The van der Waals surface area contributed by atoms with E-state index in [0.717, 1.165) is 11.1 Å². The van der Waals surface area contributed by atoms with Crippen LogP contribution < -0.4 is 0 Å². The first kappa shape index (κ1) is 27.3. The fraction of sp³-hybridized carbons (Fsp3) is 0.429. The molecule has 0 N–H and O–H groups in total. The minimum Gasteiger partial charge on any atom is -0.464 e. The van der Waals surface area contributed by atoms with E-state index in [-0.39, 0.29) is 43.0 Å². The van der Waals surface area contributed by atoms with Gasteiger partial charge in [-0.2, -0.15) is 0 Å². The Bertz CT molecular complexity index is 1010. The van der Waals surface area contributed by atoms with E-state index in [1.54, 1.807) is 13.0 Å². The summed E-state index contributed by atoms with van der Waals surface area (Å²) in [6, 6.07) is 15.0. The highest BCUT2D eigenvalue weighted by atomic mass is 35.5. The Hall–Kier alpha value is -2.34. The summed E-state index contributed by atoms with van der Waals surface area (Å²) in [4.78, 5) is 27.7. The van der Waals surface area contributed by atoms with E-state index in [1.807, 2.05) is 54.3 Å². The first-order chi connectivity index (χ1) is 16.9. The van der Waals surface area contributed by atoms with Crippen LogP contribution >= 0.6 is 23.2 Å². The molecule has 5 nitrogen and oxygen atoms in total. The van der Waals surface area contributed by atoms with Gasteiger partial charge in [0.25, 0.3) is 0 Å². The lowest BCUT2D eigenvalue weighted by molar-refractivity contribution is -0.152. The molecule has 0 aromatic heterocycles. The van der Waals surface area contributed by atoms with E-state index in [0.29, 0.717) is 35.9 Å². The van der Waals surface area contributed by atoms with Crippen molar-refractivity contribution in [1.29, 1.82) is 0 Å². The molecule has 1 aliphatic heterocycles. The van der Waals surface area contributed by atoms with Gasteiger partial charge in [-0.25, -0.2) is 4.79 Å². The fourth-order valence-electron chi connectivity index (χ4n) is 4.87. The molecule has 35 heavy (non-hydrogen) atoms. The molecule has 1 amide bonds. The van der Waals surface area contributed by atoms with Crippen molar-refractivity contribution in [3.8, 4) is 0 Å². The third-order valence-corrected chi connectivity index (χ3v) is 6.95. The smallest absolute Gasteiger partial charge is 0.332 e. The number of carbonyl (C=O) groups is 2. The lowest BCUT2D eigenvalue weighted by atomic mass is 9.74. The molecule has 1 saturated heterocycles. The first-order valence-electron chi connectivity index (χ1n) is 12.1. The number of halogens is 2. The van der Waals surface area contributed by atoms with Gasteiger partial charge >= 0.3 is 5.97 Å². The number of ether oxygens (including phenoxy) is 2. The highest BCUT2D eigenvalue weighted by Gasteiger charge is 2.45. The van der Waals surface area contributed by atoms with Crippen molar-refractivity contribution in [1.82, 2.24) is 4.90 Å². The second kappa shape index (κ2) is 13.1. The van der Waals surface area contributed by atoms with Crippen LogP contribution in [0.15, 0.2) is 61.2 Å². The number of piperidine rings is 1. The van der Waals surface area contributed by atoms with Crippen LogP contribution in [0.5, 0.6) is 0 Å². The lowest BCUT2D eigenvalue weighted by Gasteiger charge is -2.48. The molecule has 0 radical (unpaired) electrons. The molecule has 7 heteroatoms. The molecule has 0 saturated carbocycles. The standard InChI is InChI=1S/C28H33Cl2NO4/c1-4-8-21-16-25(20-9-7-10-23(30)15-20)27(19-11-13-22(29)14-12-19)31(28(21)33)24(5-2)17-34-18-26(32)35-6-3/h4,7,9-15,21,24-25,27H,1,5-6,8,16-18H2,2-3H3/t21-,24?,25+,27+/m0/s1. The number of amides is 1. The minimum atomic E-state index is -0.414. The first-order valence-corrected chi connectivity index (χ1v) is 12.8. The van der Waals surface area contributed by atoms with Crippen LogP contribution in [0, 0.1) is 5.92 Å². The average Bonchev–Trinajstić information content (AvgIpc) is 2.84. The minimum absolute atomic E-state index is 0.0108. The summed E-state index contributed by atoms with van der Waals surface area (Å²) >= 11 is 12.6. The van der Waals surface area contributed by atoms with Crippen LogP contribution in [0.1, 0.15) is 56.2 Å². The number of likely N-dealkylation sites (tertiary alicyclic amines) is 1. The molecule has 1 heterocycles. The molecule has 0 bridgehead atoms. The van der Waals surface area contributed by atoms with E-state index in [9.17, 15) is 9.59 Å². The molecule has 1 unspecified atom stereocenters. The van der Waals surface area contributed by atoms with Gasteiger partial charge < -0.3 is 14.4 Å². The normalized spacial score (nSPS) is 21.0. The van der Waals surface area contributed by atoms with Crippen LogP contribution in [0.25, 0.3) is 0 Å². The molecule has 2 aromatic rings. The van der Waals surface area contributed by atoms with E-state index in [4.69, 9.17) is 32.7 Å². The molecule has 1 aliphatic rings. The fourth-order valence-corrected chi connectivity index (χ4v) is 5.19. The molecular weight excluding hydrogens is 485 g/mol. The van der Waals surface area contributed by atoms with Crippen molar-refractivity contribution < 1.29 is 19.1 Å². The predicted molar refractivity (Wildman–Crippen MR) is 140 cm³/mol. The van der Waals surface area contributed by atoms with Gasteiger partial charge in [0.2, 0.25) is 5.91 Å². The molecule has 0 spiro atoms. The largest absolute Gasteiger partial charge is 0.464 e. The van der Waals surface area contributed by atoms with Gasteiger partial charge in [0, 0.05) is 21.9 Å². The summed E-state index contributed by atoms with van der Waals surface area (Å²) in [6.45, 7) is 8.04. The summed E-state index contributed by atoms with van der Waals surface area (Å²) in [5, 5.41) is 1.29. The highest BCUT2D eigenvalue weighted by Crippen LogP contribution is 2.47. The second-order valence-corrected chi connectivity index (χ2v) is 9.62. The van der Waals surface area contributed by atoms with E-state index >= 15 is 0 Å². The number of nitrogens with zero attached hydrogens (tertiary/aromatic N) is 1. The number of rotatable bonds is 11. The zero-order valence-corrected chi connectivity index (χ0v) is 21.8. The number of hydrogen-bond donors (Lipinski definition) is 0. The molecular formula is C28H33Cl2NO4. The van der Waals surface area contributed by atoms with Crippen molar-refractivity contribution in [2.75, 3.05) is 19.8 Å². The van der Waals surface area contributed by atoms with Crippen LogP contribution in [-0.2, 0) is 19.1 Å². The Balaban J connectivity index is 2.03. The number of hydrogen-bond acceptors (Lipinski definition) is 4. The average molecular weight is 518 g/mol. The Morgan fingerprint density at radius 3 is 2.51 bits per heavy atom. The Morgan fingerprint density at radius 1 is 1.14 bits per heavy atom. The maximum atomic E-state index is 13.9. The van der Waals surface area contributed by atoms with Gasteiger partial charge in [-0.15, -0.1) is 6.58 Å². The summed E-state index contributed by atoms with van der Waals surface area (Å²) in [6.07, 6.45) is 3.73. The van der Waals surface area contributed by atoms with Crippen molar-refractivity contribution in [2.45, 2.75) is 51.1 Å². The van der Waals surface area contributed by atoms with Gasteiger partial charge in [-0.1, -0.05) is 60.5 Å². The Kier molecular flexibility index (Phi) is 10.2. The number of benzene rings is 2. The van der Waals surface area contributed by atoms with E-state index in [1.165, 1.54) is 0 Å². The van der Waals surface area contributed by atoms with Crippen molar-refractivity contribution in [3.05, 3.63) is 82.4 Å². The SMILES string of the molecule is C=CC[C@H]1C[C@H](c2cccc(Cl)c2)[C@@H](c2ccc(Cl)cc2)N(C(CC)COCC(=O)OCC)C1=O. The van der Waals surface area contributed by atoms with Crippen LogP contribution in [-0.4, -0.2) is 42.6 Å². The van der Waals surface area contributed by atoms with Gasteiger partial charge in [-0.3, -0.25) is 4.79 Å². The molecule has 1 fully saturated rings. The van der Waals surface area contributed by atoms with Crippen molar-refractivity contribution in [3.63, 3.8) is 0 Å². The molecule has 188 valence electrons. The lowest BCUT2D eigenvalue weighted by Crippen LogP contribution is -2.53. The van der Waals surface area contributed by atoms with Gasteiger partial charge in [-0.05, 0) is 61.6 Å². The summed E-state index contributed by atoms with van der Waals surface area (Å²) in [7, 11) is 0. The number of carbonyl (C=O) groups excluding carboxylic acids is 2. The van der Waals surface area contributed by atoms with Gasteiger partial charge in [0.1, 0.15) is 6.61 Å². The number of allylic oxidation sites excluding steroid dienone is 1. The zero-order chi connectivity index (χ0) is 25.4. The third kappa shape index (κ3) is 6.87. The topological polar surface area (TPSA) is 55.8 Å². The van der Waals surface area contributed by atoms with E-state index < -0.39 is 5.97 Å². The Labute approximate surface area is 218 Å². The molecule has 4 atom stereocenters. The van der Waals surface area contributed by atoms with Crippen LogP contribution in [0.4, 0.5) is 0 Å². The Morgan fingerprint density at radius 2 is 1.89 bits per heavy atom. The monoisotopic (exact) mass is 517 g/mol. The molecule has 3 rings (SSSR count). The van der Waals surface area contributed by atoms with Crippen LogP contribution in [0.2, 0.25) is 10.0 Å². The maximum absolute atomic E-state index is 13.9. The van der Waals surface area contributed by atoms with Gasteiger partial charge in [0.05, 0.1) is 25.3 Å². The summed E-state index contributed by atoms with van der Waals surface area (Å²) < 4.78 is 10.7. The second-order valence-electron chi connectivity index (χ2n) is 8.74. The van der Waals surface area contributed by atoms with Crippen molar-refractivity contribution in [2.24, 2.45) is 5.92 Å². The molecule has 0 aliphatic carbocycles. The predicted octanol–water partition coefficient (Wildman–Crippen LogP) is 6.60. The third-order valence-electron chi connectivity index (χ3n) is 6.46. The highest BCUT2D eigenvalue weighted by molar-refractivity contribution is 6.30. The number of esters is 1.